The number of morpholine rings is 1. The van der Waals surface area contributed by atoms with E-state index in [0.29, 0.717) is 24.2 Å². The number of benzene rings is 1. The lowest BCUT2D eigenvalue weighted by Crippen LogP contribution is -2.49. The van der Waals surface area contributed by atoms with Gasteiger partial charge in [0, 0.05) is 25.9 Å². The van der Waals surface area contributed by atoms with Crippen LogP contribution in [0.3, 0.4) is 0 Å². The number of hydrogen-bond donors (Lipinski definition) is 0. The lowest BCUT2D eigenvalue weighted by Gasteiger charge is -2.43. The third-order valence-corrected chi connectivity index (χ3v) is 5.88. The molecule has 0 bridgehead atoms. The smallest absolute Gasteiger partial charge is 0.176 e. The average Bonchev–Trinajstić information content (AvgIpc) is 2.74. The van der Waals surface area contributed by atoms with Crippen molar-refractivity contribution in [2.45, 2.75) is 44.6 Å². The molecule has 0 radical (unpaired) electrons. The Labute approximate surface area is 166 Å². The number of carbonyl (C=O) groups excluding carboxylic acids is 1. The number of ketones is 1. The van der Waals surface area contributed by atoms with E-state index in [-0.39, 0.29) is 24.7 Å². The molecule has 6 nitrogen and oxygen atoms in total. The lowest BCUT2D eigenvalue weighted by atomic mass is 9.66. The number of hydrogen-bond acceptors (Lipinski definition) is 6. The van der Waals surface area contributed by atoms with Crippen molar-refractivity contribution in [3.63, 3.8) is 0 Å². The van der Waals surface area contributed by atoms with E-state index in [4.69, 9.17) is 20.0 Å². The second-order valence-corrected chi connectivity index (χ2v) is 7.50. The Bertz CT molecular complexity index is 741. The summed E-state index contributed by atoms with van der Waals surface area (Å²) in [6.45, 7) is 4.33. The van der Waals surface area contributed by atoms with Gasteiger partial charge in [0.2, 0.25) is 0 Å². The summed E-state index contributed by atoms with van der Waals surface area (Å²) in [6, 6.07) is 11.7. The van der Waals surface area contributed by atoms with Crippen molar-refractivity contribution >= 4 is 5.78 Å². The molecule has 1 unspecified atom stereocenters. The fourth-order valence-corrected chi connectivity index (χ4v) is 4.33. The highest BCUT2D eigenvalue weighted by Crippen LogP contribution is 2.46. The largest absolute Gasteiger partial charge is 0.489 e. The lowest BCUT2D eigenvalue weighted by molar-refractivity contribution is 0.00849. The van der Waals surface area contributed by atoms with Crippen LogP contribution in [-0.2, 0) is 4.74 Å². The van der Waals surface area contributed by atoms with Gasteiger partial charge in [-0.05, 0) is 44.4 Å². The fourth-order valence-electron chi connectivity index (χ4n) is 4.33. The maximum absolute atomic E-state index is 13.5. The van der Waals surface area contributed by atoms with Crippen LogP contribution in [0, 0.1) is 28.1 Å². The van der Waals surface area contributed by atoms with Crippen LogP contribution in [0.25, 0.3) is 0 Å². The Morgan fingerprint density at radius 3 is 2.46 bits per heavy atom. The number of nitrogens with zero attached hydrogens (tertiary/aromatic N) is 3. The van der Waals surface area contributed by atoms with E-state index in [1.807, 2.05) is 18.2 Å². The van der Waals surface area contributed by atoms with Gasteiger partial charge in [-0.25, -0.2) is 0 Å². The summed E-state index contributed by atoms with van der Waals surface area (Å²) >= 11 is 0. The number of fused-ring (bicyclic) bond motifs is 1. The molecule has 1 atom stereocenters. The predicted octanol–water partition coefficient (Wildman–Crippen LogP) is 3.34. The minimum Gasteiger partial charge on any atom is -0.489 e. The standard InChI is InChI=1S/C22H27N3O3/c23-11-4-9-22(10-5-12-24)20(8-3-13-25-14-16-27-17-15-25)28-19-7-2-1-6-18(19)21(22)26/h1-2,6-7,20H,3-5,8-10,13-17H2. The van der Waals surface area contributed by atoms with Gasteiger partial charge in [0.15, 0.2) is 5.78 Å². The van der Waals surface area contributed by atoms with Crippen LogP contribution >= 0.6 is 0 Å². The average molecular weight is 381 g/mol. The Hall–Kier alpha value is -2.41. The van der Waals surface area contributed by atoms with Crippen LogP contribution in [0.2, 0.25) is 0 Å². The van der Waals surface area contributed by atoms with Gasteiger partial charge in [-0.15, -0.1) is 0 Å². The van der Waals surface area contributed by atoms with E-state index in [2.05, 4.69) is 17.0 Å². The van der Waals surface area contributed by atoms with Crippen LogP contribution < -0.4 is 4.74 Å². The monoisotopic (exact) mass is 381 g/mol. The molecule has 0 spiro atoms. The van der Waals surface area contributed by atoms with Crippen LogP contribution in [0.15, 0.2) is 24.3 Å². The molecule has 0 N–H and O–H groups in total. The quantitative estimate of drug-likeness (QED) is 0.686. The molecule has 6 heteroatoms. The molecule has 0 aromatic heterocycles. The van der Waals surface area contributed by atoms with Crippen molar-refractivity contribution in [2.24, 2.45) is 5.41 Å². The van der Waals surface area contributed by atoms with Gasteiger partial charge in [-0.1, -0.05) is 12.1 Å². The zero-order valence-electron chi connectivity index (χ0n) is 16.2. The Balaban J connectivity index is 1.81. The van der Waals surface area contributed by atoms with Gasteiger partial charge < -0.3 is 9.47 Å². The highest BCUT2D eigenvalue weighted by molar-refractivity contribution is 6.04. The minimum atomic E-state index is -0.801. The van der Waals surface area contributed by atoms with Gasteiger partial charge in [-0.3, -0.25) is 9.69 Å². The molecule has 28 heavy (non-hydrogen) atoms. The molecule has 2 aliphatic rings. The van der Waals surface area contributed by atoms with E-state index in [0.717, 1.165) is 45.7 Å². The highest BCUT2D eigenvalue weighted by Gasteiger charge is 2.50. The SMILES string of the molecule is N#CCCC1(CCC#N)C(=O)c2ccccc2OC1CCCN1CCOCC1. The molecule has 148 valence electrons. The first kappa shape index (κ1) is 20.3. The van der Waals surface area contributed by atoms with Crippen LogP contribution in [0.4, 0.5) is 0 Å². The minimum absolute atomic E-state index is 0.0243. The molecule has 0 saturated carbocycles. The molecule has 3 rings (SSSR count). The number of nitriles is 2. The molecular formula is C22H27N3O3. The van der Waals surface area contributed by atoms with E-state index in [1.165, 1.54) is 0 Å². The van der Waals surface area contributed by atoms with Gasteiger partial charge in [0.05, 0.1) is 36.3 Å². The maximum Gasteiger partial charge on any atom is 0.176 e. The van der Waals surface area contributed by atoms with E-state index >= 15 is 0 Å². The normalized spacial score (nSPS) is 21.2. The third-order valence-electron chi connectivity index (χ3n) is 5.88. The van der Waals surface area contributed by atoms with Crippen LogP contribution in [-0.4, -0.2) is 49.6 Å². The van der Waals surface area contributed by atoms with Gasteiger partial charge in [0.25, 0.3) is 0 Å². The number of para-hydroxylation sites is 1. The van der Waals surface area contributed by atoms with Crippen molar-refractivity contribution in [1.82, 2.24) is 4.90 Å². The summed E-state index contributed by atoms with van der Waals surface area (Å²) in [5.74, 6) is 0.643. The van der Waals surface area contributed by atoms with Crippen molar-refractivity contribution < 1.29 is 14.3 Å². The second kappa shape index (κ2) is 9.68. The molecular weight excluding hydrogens is 354 g/mol. The van der Waals surface area contributed by atoms with E-state index in [1.54, 1.807) is 6.07 Å². The number of ether oxygens (including phenoxy) is 2. The zero-order valence-corrected chi connectivity index (χ0v) is 16.2. The van der Waals surface area contributed by atoms with Crippen molar-refractivity contribution in [3.05, 3.63) is 29.8 Å². The first-order chi connectivity index (χ1) is 13.7. The van der Waals surface area contributed by atoms with Crippen molar-refractivity contribution in [3.8, 4) is 17.9 Å². The van der Waals surface area contributed by atoms with Crippen LogP contribution in [0.1, 0.15) is 48.9 Å². The molecule has 1 fully saturated rings. The predicted molar refractivity (Wildman–Crippen MR) is 104 cm³/mol. The van der Waals surface area contributed by atoms with E-state index in [9.17, 15) is 4.79 Å². The summed E-state index contributed by atoms with van der Waals surface area (Å²) in [6.07, 6.45) is 2.75. The number of carbonyl (C=O) groups is 1. The molecule has 1 aromatic rings. The molecule has 1 saturated heterocycles. The summed E-state index contributed by atoms with van der Waals surface area (Å²) in [4.78, 5) is 15.9. The first-order valence-electron chi connectivity index (χ1n) is 10.1. The Morgan fingerprint density at radius 2 is 1.79 bits per heavy atom. The van der Waals surface area contributed by atoms with Crippen LogP contribution in [0.5, 0.6) is 5.75 Å². The number of Topliss-reactive ketones (excluding diaryl/α,β-unsaturated/α-hetero) is 1. The molecule has 2 aliphatic heterocycles. The summed E-state index contributed by atoms with van der Waals surface area (Å²) < 4.78 is 11.7. The molecule has 2 heterocycles. The topological polar surface area (TPSA) is 86.4 Å². The van der Waals surface area contributed by atoms with Gasteiger partial charge in [-0.2, -0.15) is 10.5 Å². The first-order valence-corrected chi connectivity index (χ1v) is 10.1. The zero-order chi connectivity index (χ0) is 19.8. The fraction of sp³-hybridized carbons (Fsp3) is 0.591. The molecule has 0 aliphatic carbocycles. The summed E-state index contributed by atoms with van der Waals surface area (Å²) in [5.41, 5.74) is -0.229. The van der Waals surface area contributed by atoms with Crippen molar-refractivity contribution in [1.29, 1.82) is 10.5 Å². The maximum atomic E-state index is 13.5. The second-order valence-electron chi connectivity index (χ2n) is 7.50. The van der Waals surface area contributed by atoms with Gasteiger partial charge in [0.1, 0.15) is 11.9 Å². The van der Waals surface area contributed by atoms with E-state index < -0.39 is 5.41 Å². The Morgan fingerprint density at radius 1 is 1.11 bits per heavy atom. The van der Waals surface area contributed by atoms with Crippen molar-refractivity contribution in [2.75, 3.05) is 32.8 Å². The Kier molecular flexibility index (Phi) is 7.03. The summed E-state index contributed by atoms with van der Waals surface area (Å²) in [7, 11) is 0. The highest BCUT2D eigenvalue weighted by atomic mass is 16.5. The molecule has 0 amide bonds. The molecule has 1 aromatic carbocycles. The number of rotatable bonds is 8. The summed E-state index contributed by atoms with van der Waals surface area (Å²) in [5, 5.41) is 18.3. The third kappa shape index (κ3) is 4.35. The van der Waals surface area contributed by atoms with Gasteiger partial charge >= 0.3 is 0 Å².